The first-order valence-electron chi connectivity index (χ1n) is 11.3. The number of esters is 1. The van der Waals surface area contributed by atoms with Crippen LogP contribution in [0.4, 0.5) is 0 Å². The molecule has 0 spiro atoms. The van der Waals surface area contributed by atoms with Crippen molar-refractivity contribution in [2.24, 2.45) is 11.8 Å². The van der Waals surface area contributed by atoms with Gasteiger partial charge < -0.3 is 4.74 Å². The van der Waals surface area contributed by atoms with Crippen molar-refractivity contribution < 1.29 is 9.53 Å². The zero-order valence-corrected chi connectivity index (χ0v) is 17.8. The van der Waals surface area contributed by atoms with Crippen LogP contribution in [0.1, 0.15) is 124 Å². The van der Waals surface area contributed by atoms with Gasteiger partial charge in [-0.15, -0.1) is 0 Å². The van der Waals surface area contributed by atoms with Gasteiger partial charge in [0.15, 0.2) is 0 Å². The predicted octanol–water partition coefficient (Wildman–Crippen LogP) is 7.69. The van der Waals surface area contributed by atoms with Crippen molar-refractivity contribution >= 4 is 5.97 Å². The van der Waals surface area contributed by atoms with E-state index >= 15 is 0 Å². The number of carbonyl (C=O) groups excluding carboxylic acids is 1. The van der Waals surface area contributed by atoms with Gasteiger partial charge in [-0.25, -0.2) is 0 Å². The topological polar surface area (TPSA) is 26.3 Å². The summed E-state index contributed by atoms with van der Waals surface area (Å²) in [5.74, 6) is 1.38. The third kappa shape index (κ3) is 18.1. The molecule has 0 aromatic carbocycles. The van der Waals surface area contributed by atoms with Gasteiger partial charge in [0, 0.05) is 6.42 Å². The molecule has 0 aromatic rings. The monoisotopic (exact) mass is 354 g/mol. The van der Waals surface area contributed by atoms with Crippen molar-refractivity contribution in [2.75, 3.05) is 6.61 Å². The third-order valence-corrected chi connectivity index (χ3v) is 5.07. The Morgan fingerprint density at radius 1 is 0.720 bits per heavy atom. The van der Waals surface area contributed by atoms with Crippen LogP contribution >= 0.6 is 0 Å². The van der Waals surface area contributed by atoms with Gasteiger partial charge in [-0.2, -0.15) is 0 Å². The van der Waals surface area contributed by atoms with E-state index in [1.807, 2.05) is 0 Å². The van der Waals surface area contributed by atoms with Crippen LogP contribution in [-0.2, 0) is 9.53 Å². The lowest BCUT2D eigenvalue weighted by Crippen LogP contribution is -2.14. The van der Waals surface area contributed by atoms with Crippen molar-refractivity contribution in [3.8, 4) is 0 Å². The van der Waals surface area contributed by atoms with E-state index in [9.17, 15) is 4.79 Å². The molecule has 0 saturated carbocycles. The predicted molar refractivity (Wildman–Crippen MR) is 110 cm³/mol. The van der Waals surface area contributed by atoms with E-state index in [0.29, 0.717) is 18.9 Å². The molecule has 1 atom stereocenters. The van der Waals surface area contributed by atoms with Crippen molar-refractivity contribution in [2.45, 2.75) is 124 Å². The molecule has 0 aliphatic carbocycles. The van der Waals surface area contributed by atoms with Gasteiger partial charge in [0.25, 0.3) is 0 Å². The molecule has 0 N–H and O–H groups in total. The van der Waals surface area contributed by atoms with Crippen LogP contribution in [0.5, 0.6) is 0 Å². The van der Waals surface area contributed by atoms with Crippen molar-refractivity contribution in [3.63, 3.8) is 0 Å². The Morgan fingerprint density at radius 3 is 1.88 bits per heavy atom. The molecule has 25 heavy (non-hydrogen) atoms. The van der Waals surface area contributed by atoms with Gasteiger partial charge >= 0.3 is 5.97 Å². The summed E-state index contributed by atoms with van der Waals surface area (Å²) in [7, 11) is 0. The second kappa shape index (κ2) is 18.3. The zero-order valence-electron chi connectivity index (χ0n) is 17.8. The molecule has 0 aliphatic heterocycles. The molecule has 0 bridgehead atoms. The Hall–Kier alpha value is -0.530. The molecule has 0 radical (unpaired) electrons. The van der Waals surface area contributed by atoms with E-state index in [1.54, 1.807) is 0 Å². The first-order chi connectivity index (χ1) is 12.1. The first kappa shape index (κ1) is 24.5. The highest BCUT2D eigenvalue weighted by Gasteiger charge is 2.12. The summed E-state index contributed by atoms with van der Waals surface area (Å²) in [6.07, 6.45) is 18.2. The molecule has 1 unspecified atom stereocenters. The van der Waals surface area contributed by atoms with Crippen LogP contribution in [0.2, 0.25) is 0 Å². The lowest BCUT2D eigenvalue weighted by Gasteiger charge is -2.17. The summed E-state index contributed by atoms with van der Waals surface area (Å²) in [4.78, 5) is 12.0. The van der Waals surface area contributed by atoms with Crippen LogP contribution < -0.4 is 0 Å². The smallest absolute Gasteiger partial charge is 0.305 e. The number of ether oxygens (including phenoxy) is 1. The van der Waals surface area contributed by atoms with Crippen LogP contribution in [0, 0.1) is 11.8 Å². The minimum absolute atomic E-state index is 0.0241. The Balaban J connectivity index is 3.86. The number of carbonyl (C=O) groups is 1. The lowest BCUT2D eigenvalue weighted by molar-refractivity contribution is -0.145. The maximum absolute atomic E-state index is 12.0. The minimum Gasteiger partial charge on any atom is -0.465 e. The standard InChI is InChI=1S/C23H46O2/c1-5-7-9-10-14-18-22(17-12-8-6-2)20-25-23(24)19-15-11-13-16-21(3)4/h21-22H,5-20H2,1-4H3. The number of unbranched alkanes of at least 4 members (excludes halogenated alkanes) is 8. The molecule has 2 heteroatoms. The fraction of sp³-hybridized carbons (Fsp3) is 0.957. The van der Waals surface area contributed by atoms with Crippen molar-refractivity contribution in [3.05, 3.63) is 0 Å². The quantitative estimate of drug-likeness (QED) is 0.186. The van der Waals surface area contributed by atoms with Gasteiger partial charge in [0.2, 0.25) is 0 Å². The molecule has 0 amide bonds. The van der Waals surface area contributed by atoms with Gasteiger partial charge in [-0.3, -0.25) is 4.79 Å². The van der Waals surface area contributed by atoms with Crippen LogP contribution in [0.3, 0.4) is 0 Å². The molecule has 150 valence electrons. The second-order valence-electron chi connectivity index (χ2n) is 8.24. The number of hydrogen-bond donors (Lipinski definition) is 0. The summed E-state index contributed by atoms with van der Waals surface area (Å²) in [5.41, 5.74) is 0. The summed E-state index contributed by atoms with van der Waals surface area (Å²) in [5, 5.41) is 0. The minimum atomic E-state index is 0.0241. The van der Waals surface area contributed by atoms with E-state index < -0.39 is 0 Å². The number of hydrogen-bond acceptors (Lipinski definition) is 2. The molecule has 0 rings (SSSR count). The van der Waals surface area contributed by atoms with Gasteiger partial charge in [0.1, 0.15) is 0 Å². The maximum Gasteiger partial charge on any atom is 0.305 e. The molecule has 2 nitrogen and oxygen atoms in total. The summed E-state index contributed by atoms with van der Waals surface area (Å²) >= 11 is 0. The van der Waals surface area contributed by atoms with Crippen molar-refractivity contribution in [1.29, 1.82) is 0 Å². The normalized spacial score (nSPS) is 12.5. The molecule has 0 saturated heterocycles. The highest BCUT2D eigenvalue weighted by atomic mass is 16.5. The van der Waals surface area contributed by atoms with Crippen molar-refractivity contribution in [1.82, 2.24) is 0 Å². The zero-order chi connectivity index (χ0) is 18.8. The highest BCUT2D eigenvalue weighted by Crippen LogP contribution is 2.19. The molecule has 0 heterocycles. The lowest BCUT2D eigenvalue weighted by atomic mass is 9.95. The fourth-order valence-corrected chi connectivity index (χ4v) is 3.31. The third-order valence-electron chi connectivity index (χ3n) is 5.07. The Labute approximate surface area is 158 Å². The van der Waals surface area contributed by atoms with Gasteiger partial charge in [0.05, 0.1) is 6.61 Å². The fourth-order valence-electron chi connectivity index (χ4n) is 3.31. The second-order valence-corrected chi connectivity index (χ2v) is 8.24. The van der Waals surface area contributed by atoms with E-state index in [1.165, 1.54) is 77.0 Å². The molecule has 0 aromatic heterocycles. The summed E-state index contributed by atoms with van der Waals surface area (Å²) in [6.45, 7) is 9.68. The first-order valence-corrected chi connectivity index (χ1v) is 11.3. The Kier molecular flexibility index (Phi) is 17.9. The molecular weight excluding hydrogens is 308 g/mol. The van der Waals surface area contributed by atoms with Crippen LogP contribution in [0.25, 0.3) is 0 Å². The van der Waals surface area contributed by atoms with Gasteiger partial charge in [-0.1, -0.05) is 98.3 Å². The van der Waals surface area contributed by atoms with E-state index in [0.717, 1.165) is 18.8 Å². The van der Waals surface area contributed by atoms with Crippen LogP contribution in [-0.4, -0.2) is 12.6 Å². The highest BCUT2D eigenvalue weighted by molar-refractivity contribution is 5.69. The van der Waals surface area contributed by atoms with Crippen LogP contribution in [0.15, 0.2) is 0 Å². The Morgan fingerprint density at radius 2 is 1.24 bits per heavy atom. The SMILES string of the molecule is CCCCCCCC(CCCCC)COC(=O)CCCCCC(C)C. The van der Waals surface area contributed by atoms with Gasteiger partial charge in [-0.05, 0) is 31.1 Å². The average Bonchev–Trinajstić information content (AvgIpc) is 2.58. The molecule has 0 aliphatic rings. The molecular formula is C23H46O2. The summed E-state index contributed by atoms with van der Waals surface area (Å²) in [6, 6.07) is 0. The average molecular weight is 355 g/mol. The van der Waals surface area contributed by atoms with E-state index in [-0.39, 0.29) is 5.97 Å². The summed E-state index contributed by atoms with van der Waals surface area (Å²) < 4.78 is 5.60. The molecule has 0 fully saturated rings. The maximum atomic E-state index is 12.0. The van der Waals surface area contributed by atoms with E-state index in [2.05, 4.69) is 27.7 Å². The van der Waals surface area contributed by atoms with E-state index in [4.69, 9.17) is 4.74 Å². The number of rotatable bonds is 18. The largest absolute Gasteiger partial charge is 0.465 e. The Bertz CT molecular complexity index is 286.